The van der Waals surface area contributed by atoms with Crippen molar-refractivity contribution < 1.29 is 9.26 Å². The van der Waals surface area contributed by atoms with Crippen LogP contribution < -0.4 is 5.73 Å². The number of hydrogen-bond acceptors (Lipinski definition) is 6. The van der Waals surface area contributed by atoms with Gasteiger partial charge in [0.05, 0.1) is 12.6 Å². The molecule has 1 aliphatic heterocycles. The van der Waals surface area contributed by atoms with E-state index in [9.17, 15) is 0 Å². The van der Waals surface area contributed by atoms with Crippen molar-refractivity contribution in [1.29, 1.82) is 0 Å². The second kappa shape index (κ2) is 4.96. The highest BCUT2D eigenvalue weighted by atomic mass is 32.2. The molecule has 84 valence electrons. The number of hydrogen-bond donors (Lipinski definition) is 1. The van der Waals surface area contributed by atoms with E-state index in [1.54, 1.807) is 0 Å². The Hall–Kier alpha value is -0.590. The summed E-state index contributed by atoms with van der Waals surface area (Å²) in [6.07, 6.45) is 0.757. The summed E-state index contributed by atoms with van der Waals surface area (Å²) in [5.41, 5.74) is 5.79. The van der Waals surface area contributed by atoms with E-state index in [1.165, 1.54) is 0 Å². The molecule has 15 heavy (non-hydrogen) atoms. The van der Waals surface area contributed by atoms with Crippen LogP contribution >= 0.6 is 11.8 Å². The fourth-order valence-corrected chi connectivity index (χ4v) is 2.18. The highest BCUT2D eigenvalue weighted by molar-refractivity contribution is 7.99. The molecule has 0 spiro atoms. The van der Waals surface area contributed by atoms with E-state index in [2.05, 4.69) is 10.1 Å². The molecule has 2 heterocycles. The summed E-state index contributed by atoms with van der Waals surface area (Å²) >= 11 is 1.84. The standard InChI is InChI=1S/C9H15N3O2S/c1-2-6(10)9-11-8(12-14-9)7-5-15-4-3-13-7/h6-7H,2-5,10H2,1H3/t6-,7?/m0/s1. The molecule has 2 N–H and O–H groups in total. The van der Waals surface area contributed by atoms with Gasteiger partial charge in [-0.2, -0.15) is 16.7 Å². The van der Waals surface area contributed by atoms with Gasteiger partial charge in [0.25, 0.3) is 0 Å². The third-order valence-electron chi connectivity index (χ3n) is 2.32. The lowest BCUT2D eigenvalue weighted by Crippen LogP contribution is -2.17. The summed E-state index contributed by atoms with van der Waals surface area (Å²) < 4.78 is 10.6. The van der Waals surface area contributed by atoms with E-state index in [0.29, 0.717) is 11.7 Å². The molecule has 1 fully saturated rings. The van der Waals surface area contributed by atoms with Gasteiger partial charge in [0.15, 0.2) is 0 Å². The lowest BCUT2D eigenvalue weighted by molar-refractivity contribution is 0.0677. The van der Waals surface area contributed by atoms with Gasteiger partial charge in [0, 0.05) is 11.5 Å². The average Bonchev–Trinajstić information content (AvgIpc) is 2.78. The van der Waals surface area contributed by atoms with E-state index in [0.717, 1.165) is 24.5 Å². The van der Waals surface area contributed by atoms with Gasteiger partial charge < -0.3 is 15.0 Å². The van der Waals surface area contributed by atoms with E-state index in [1.807, 2.05) is 18.7 Å². The quantitative estimate of drug-likeness (QED) is 0.841. The van der Waals surface area contributed by atoms with Crippen molar-refractivity contribution in [3.05, 3.63) is 11.7 Å². The molecule has 0 radical (unpaired) electrons. The minimum absolute atomic E-state index is 0.0368. The molecular formula is C9H15N3O2S. The second-order valence-corrected chi connectivity index (χ2v) is 4.59. The van der Waals surface area contributed by atoms with Crippen LogP contribution in [0.3, 0.4) is 0 Å². The minimum Gasteiger partial charge on any atom is -0.368 e. The zero-order valence-electron chi connectivity index (χ0n) is 8.68. The van der Waals surface area contributed by atoms with Gasteiger partial charge >= 0.3 is 0 Å². The summed E-state index contributed by atoms with van der Waals surface area (Å²) in [5.74, 6) is 3.06. The zero-order chi connectivity index (χ0) is 10.7. The molecule has 0 saturated carbocycles. The fraction of sp³-hybridized carbons (Fsp3) is 0.778. The molecule has 0 aromatic carbocycles. The third-order valence-corrected chi connectivity index (χ3v) is 3.31. The van der Waals surface area contributed by atoms with Crippen LogP contribution in [0.1, 0.15) is 37.2 Å². The van der Waals surface area contributed by atoms with Crippen LogP contribution in [0.25, 0.3) is 0 Å². The molecule has 0 bridgehead atoms. The van der Waals surface area contributed by atoms with Crippen molar-refractivity contribution in [2.75, 3.05) is 18.1 Å². The van der Waals surface area contributed by atoms with Crippen LogP contribution in [0, 0.1) is 0 Å². The van der Waals surface area contributed by atoms with Crippen LogP contribution in [0.4, 0.5) is 0 Å². The first-order chi connectivity index (χ1) is 7.31. The molecule has 1 unspecified atom stereocenters. The molecule has 1 aliphatic rings. The summed E-state index contributed by atoms with van der Waals surface area (Å²) in [5, 5.41) is 3.90. The van der Waals surface area contributed by atoms with Crippen molar-refractivity contribution in [2.24, 2.45) is 5.73 Å². The fourth-order valence-electron chi connectivity index (χ4n) is 1.34. The predicted octanol–water partition coefficient (Wildman–Crippen LogP) is 1.28. The molecule has 1 aromatic heterocycles. The molecule has 1 aromatic rings. The van der Waals surface area contributed by atoms with E-state index in [-0.39, 0.29) is 12.1 Å². The van der Waals surface area contributed by atoms with Crippen LogP contribution in [0.15, 0.2) is 4.52 Å². The number of rotatable bonds is 3. The van der Waals surface area contributed by atoms with Gasteiger partial charge in [-0.3, -0.25) is 0 Å². The number of nitrogens with zero attached hydrogens (tertiary/aromatic N) is 2. The monoisotopic (exact) mass is 229 g/mol. The minimum atomic E-state index is -0.164. The first kappa shape index (κ1) is 10.9. The molecular weight excluding hydrogens is 214 g/mol. The van der Waals surface area contributed by atoms with E-state index < -0.39 is 0 Å². The van der Waals surface area contributed by atoms with Gasteiger partial charge in [0.2, 0.25) is 11.7 Å². The normalized spacial score (nSPS) is 24.0. The van der Waals surface area contributed by atoms with Crippen LogP contribution in [-0.4, -0.2) is 28.3 Å². The summed E-state index contributed by atoms with van der Waals surface area (Å²) in [4.78, 5) is 4.26. The maximum Gasteiger partial charge on any atom is 0.243 e. The Kier molecular flexibility index (Phi) is 3.61. The first-order valence-electron chi connectivity index (χ1n) is 5.09. The lowest BCUT2D eigenvalue weighted by Gasteiger charge is -2.18. The maximum atomic E-state index is 5.79. The van der Waals surface area contributed by atoms with Crippen LogP contribution in [0.5, 0.6) is 0 Å². The second-order valence-electron chi connectivity index (χ2n) is 3.44. The Morgan fingerprint density at radius 1 is 1.67 bits per heavy atom. The van der Waals surface area contributed by atoms with Crippen molar-refractivity contribution >= 4 is 11.8 Å². The van der Waals surface area contributed by atoms with Gasteiger partial charge in [-0.15, -0.1) is 0 Å². The van der Waals surface area contributed by atoms with E-state index in [4.69, 9.17) is 15.0 Å². The number of nitrogens with two attached hydrogens (primary N) is 1. The van der Waals surface area contributed by atoms with Crippen LogP contribution in [0.2, 0.25) is 0 Å². The summed E-state index contributed by atoms with van der Waals surface area (Å²) in [6, 6.07) is -0.164. The number of thioether (sulfide) groups is 1. The predicted molar refractivity (Wildman–Crippen MR) is 57.5 cm³/mol. The van der Waals surface area contributed by atoms with Gasteiger partial charge in [-0.05, 0) is 6.42 Å². The van der Waals surface area contributed by atoms with Crippen molar-refractivity contribution in [1.82, 2.24) is 10.1 Å². The Morgan fingerprint density at radius 3 is 3.20 bits per heavy atom. The maximum absolute atomic E-state index is 5.79. The first-order valence-corrected chi connectivity index (χ1v) is 6.25. The largest absolute Gasteiger partial charge is 0.368 e. The number of ether oxygens (including phenoxy) is 1. The van der Waals surface area contributed by atoms with Crippen molar-refractivity contribution in [2.45, 2.75) is 25.5 Å². The average molecular weight is 229 g/mol. The van der Waals surface area contributed by atoms with Crippen molar-refractivity contribution in [3.8, 4) is 0 Å². The van der Waals surface area contributed by atoms with E-state index >= 15 is 0 Å². The third kappa shape index (κ3) is 2.50. The molecule has 1 saturated heterocycles. The van der Waals surface area contributed by atoms with Gasteiger partial charge in [-0.1, -0.05) is 12.1 Å². The Balaban J connectivity index is 2.05. The Labute approximate surface area is 92.7 Å². The van der Waals surface area contributed by atoms with Gasteiger partial charge in [0.1, 0.15) is 6.10 Å². The topological polar surface area (TPSA) is 74.2 Å². The molecule has 6 heteroatoms. The molecule has 2 atom stereocenters. The SMILES string of the molecule is CC[C@H](N)c1nc(C2CSCCO2)no1. The molecule has 0 aliphatic carbocycles. The van der Waals surface area contributed by atoms with Gasteiger partial charge in [-0.25, -0.2) is 0 Å². The summed E-state index contributed by atoms with van der Waals surface area (Å²) in [7, 11) is 0. The summed E-state index contributed by atoms with van der Waals surface area (Å²) in [6.45, 7) is 2.74. The Bertz CT molecular complexity index is 312. The molecule has 5 nitrogen and oxygen atoms in total. The zero-order valence-corrected chi connectivity index (χ0v) is 9.50. The lowest BCUT2D eigenvalue weighted by atomic mass is 10.2. The Morgan fingerprint density at radius 2 is 2.53 bits per heavy atom. The molecule has 2 rings (SSSR count). The number of aromatic nitrogens is 2. The highest BCUT2D eigenvalue weighted by Crippen LogP contribution is 2.25. The van der Waals surface area contributed by atoms with Crippen molar-refractivity contribution in [3.63, 3.8) is 0 Å². The highest BCUT2D eigenvalue weighted by Gasteiger charge is 2.23. The van der Waals surface area contributed by atoms with Crippen LogP contribution in [-0.2, 0) is 4.74 Å². The smallest absolute Gasteiger partial charge is 0.243 e. The molecule has 0 amide bonds.